The minimum atomic E-state index is 0.0268. The van der Waals surface area contributed by atoms with E-state index >= 15 is 0 Å². The number of likely N-dealkylation sites (tertiary alicyclic amines) is 1. The van der Waals surface area contributed by atoms with Crippen LogP contribution in [0.2, 0.25) is 0 Å². The van der Waals surface area contributed by atoms with Crippen LogP contribution in [0.5, 0.6) is 0 Å². The minimum Gasteiger partial charge on any atom is -0.352 e. The maximum absolute atomic E-state index is 12.5. The Kier molecular flexibility index (Phi) is 5.51. The van der Waals surface area contributed by atoms with E-state index in [1.54, 1.807) is 0 Å². The topological polar surface area (TPSA) is 61.4 Å². The van der Waals surface area contributed by atoms with Crippen molar-refractivity contribution in [3.05, 3.63) is 35.9 Å². The average Bonchev–Trinajstić information content (AvgIpc) is 2.64. The molecule has 1 aromatic carbocycles. The van der Waals surface area contributed by atoms with Crippen molar-refractivity contribution >= 4 is 11.8 Å². The number of hydrogen-bond donors (Lipinski definition) is 2. The van der Waals surface area contributed by atoms with Gasteiger partial charge in [0.1, 0.15) is 0 Å². The third-order valence-corrected chi connectivity index (χ3v) is 5.33. The Hall–Kier alpha value is -1.88. The first kappa shape index (κ1) is 17.0. The molecule has 0 aliphatic carbocycles. The maximum Gasteiger partial charge on any atom is 0.253 e. The Morgan fingerprint density at radius 2 is 1.83 bits per heavy atom. The number of piperidine rings is 2. The molecule has 130 valence electrons. The lowest BCUT2D eigenvalue weighted by Gasteiger charge is -2.34. The van der Waals surface area contributed by atoms with Crippen LogP contribution in [0.25, 0.3) is 0 Å². The smallest absolute Gasteiger partial charge is 0.253 e. The Balaban J connectivity index is 1.49. The molecule has 0 bridgehead atoms. The highest BCUT2D eigenvalue weighted by molar-refractivity contribution is 5.94. The van der Waals surface area contributed by atoms with Gasteiger partial charge in [0.25, 0.3) is 5.91 Å². The predicted molar refractivity (Wildman–Crippen MR) is 93.7 cm³/mol. The molecule has 2 fully saturated rings. The lowest BCUT2D eigenvalue weighted by molar-refractivity contribution is -0.127. The van der Waals surface area contributed by atoms with E-state index in [9.17, 15) is 9.59 Å². The number of hydrogen-bond acceptors (Lipinski definition) is 3. The summed E-state index contributed by atoms with van der Waals surface area (Å²) in [5, 5.41) is 6.56. The van der Waals surface area contributed by atoms with Gasteiger partial charge in [0.05, 0.1) is 0 Å². The fourth-order valence-electron chi connectivity index (χ4n) is 3.59. The molecule has 0 radical (unpaired) electrons. The molecule has 2 atom stereocenters. The van der Waals surface area contributed by atoms with E-state index in [4.69, 9.17) is 0 Å². The number of benzene rings is 1. The molecular weight excluding hydrogens is 302 g/mol. The van der Waals surface area contributed by atoms with E-state index in [0.29, 0.717) is 19.0 Å². The van der Waals surface area contributed by atoms with E-state index in [0.717, 1.165) is 37.9 Å². The molecule has 2 unspecified atom stereocenters. The molecule has 0 aromatic heterocycles. The van der Waals surface area contributed by atoms with Crippen LogP contribution in [0.3, 0.4) is 0 Å². The second-order valence-corrected chi connectivity index (χ2v) is 7.02. The molecule has 2 aliphatic heterocycles. The van der Waals surface area contributed by atoms with Crippen molar-refractivity contribution in [3.8, 4) is 0 Å². The normalized spacial score (nSPS) is 25.3. The first-order valence-corrected chi connectivity index (χ1v) is 9.00. The number of nitrogens with zero attached hydrogens (tertiary/aromatic N) is 1. The standard InChI is InChI=1S/C19H27N3O2/c1-14-7-10-20-13-17(14)21-18(23)15-8-11-22(12-9-15)19(24)16-5-3-2-4-6-16/h2-6,14-15,17,20H,7-13H2,1H3,(H,21,23). The van der Waals surface area contributed by atoms with Crippen LogP contribution in [0.15, 0.2) is 30.3 Å². The van der Waals surface area contributed by atoms with Gasteiger partial charge in [-0.3, -0.25) is 9.59 Å². The summed E-state index contributed by atoms with van der Waals surface area (Å²) in [6, 6.07) is 9.60. The summed E-state index contributed by atoms with van der Waals surface area (Å²) in [4.78, 5) is 26.8. The lowest BCUT2D eigenvalue weighted by atomic mass is 9.91. The van der Waals surface area contributed by atoms with Gasteiger partial charge in [-0.2, -0.15) is 0 Å². The second kappa shape index (κ2) is 7.79. The third kappa shape index (κ3) is 3.96. The van der Waals surface area contributed by atoms with E-state index in [2.05, 4.69) is 17.6 Å². The molecule has 5 nitrogen and oxygen atoms in total. The SMILES string of the molecule is CC1CCNCC1NC(=O)C1CCN(C(=O)c2ccccc2)CC1. The number of carbonyl (C=O) groups is 2. The summed E-state index contributed by atoms with van der Waals surface area (Å²) < 4.78 is 0. The quantitative estimate of drug-likeness (QED) is 0.886. The Morgan fingerprint density at radius 3 is 2.50 bits per heavy atom. The average molecular weight is 329 g/mol. The van der Waals surface area contributed by atoms with Crippen LogP contribution in [-0.4, -0.2) is 48.9 Å². The monoisotopic (exact) mass is 329 g/mol. The Bertz CT molecular complexity index is 567. The van der Waals surface area contributed by atoms with Gasteiger partial charge in [0.2, 0.25) is 5.91 Å². The van der Waals surface area contributed by atoms with Gasteiger partial charge in [-0.15, -0.1) is 0 Å². The van der Waals surface area contributed by atoms with Crippen molar-refractivity contribution in [2.75, 3.05) is 26.2 Å². The minimum absolute atomic E-state index is 0.0268. The highest BCUT2D eigenvalue weighted by Gasteiger charge is 2.30. The van der Waals surface area contributed by atoms with Gasteiger partial charge in [-0.25, -0.2) is 0 Å². The molecule has 0 saturated carbocycles. The van der Waals surface area contributed by atoms with Crippen LogP contribution in [-0.2, 0) is 4.79 Å². The molecule has 0 spiro atoms. The summed E-state index contributed by atoms with van der Waals surface area (Å²) in [5.41, 5.74) is 0.725. The molecule has 2 N–H and O–H groups in total. The van der Waals surface area contributed by atoms with Crippen molar-refractivity contribution in [2.45, 2.75) is 32.2 Å². The van der Waals surface area contributed by atoms with Crippen molar-refractivity contribution in [2.24, 2.45) is 11.8 Å². The maximum atomic E-state index is 12.5. The van der Waals surface area contributed by atoms with Crippen LogP contribution < -0.4 is 10.6 Å². The highest BCUT2D eigenvalue weighted by Crippen LogP contribution is 2.20. The van der Waals surface area contributed by atoms with E-state index in [1.807, 2.05) is 35.2 Å². The van der Waals surface area contributed by atoms with Crippen molar-refractivity contribution in [3.63, 3.8) is 0 Å². The van der Waals surface area contributed by atoms with Gasteiger partial charge < -0.3 is 15.5 Å². The first-order valence-electron chi connectivity index (χ1n) is 9.00. The van der Waals surface area contributed by atoms with Crippen LogP contribution in [0, 0.1) is 11.8 Å². The van der Waals surface area contributed by atoms with Crippen LogP contribution in [0.1, 0.15) is 36.5 Å². The zero-order valence-corrected chi connectivity index (χ0v) is 14.3. The zero-order valence-electron chi connectivity index (χ0n) is 14.3. The Morgan fingerprint density at radius 1 is 1.12 bits per heavy atom. The summed E-state index contributed by atoms with van der Waals surface area (Å²) in [6.07, 6.45) is 2.60. The van der Waals surface area contributed by atoms with Gasteiger partial charge in [0, 0.05) is 37.2 Å². The Labute approximate surface area is 143 Å². The highest BCUT2D eigenvalue weighted by atomic mass is 16.2. The molecule has 2 heterocycles. The molecule has 5 heteroatoms. The summed E-state index contributed by atoms with van der Waals surface area (Å²) >= 11 is 0. The molecular formula is C19H27N3O2. The van der Waals surface area contributed by atoms with Crippen LogP contribution >= 0.6 is 0 Å². The molecule has 1 aromatic rings. The number of nitrogens with one attached hydrogen (secondary N) is 2. The van der Waals surface area contributed by atoms with E-state index in [1.165, 1.54) is 0 Å². The van der Waals surface area contributed by atoms with Crippen LogP contribution in [0.4, 0.5) is 0 Å². The fourth-order valence-corrected chi connectivity index (χ4v) is 3.59. The first-order chi connectivity index (χ1) is 11.6. The molecule has 2 aliphatic rings. The largest absolute Gasteiger partial charge is 0.352 e. The lowest BCUT2D eigenvalue weighted by Crippen LogP contribution is -2.52. The fraction of sp³-hybridized carbons (Fsp3) is 0.579. The van der Waals surface area contributed by atoms with Crippen molar-refractivity contribution in [1.82, 2.24) is 15.5 Å². The van der Waals surface area contributed by atoms with Gasteiger partial charge in [0.15, 0.2) is 0 Å². The molecule has 2 amide bonds. The van der Waals surface area contributed by atoms with Crippen molar-refractivity contribution < 1.29 is 9.59 Å². The predicted octanol–water partition coefficient (Wildman–Crippen LogP) is 1.65. The van der Waals surface area contributed by atoms with Gasteiger partial charge >= 0.3 is 0 Å². The third-order valence-electron chi connectivity index (χ3n) is 5.33. The summed E-state index contributed by atoms with van der Waals surface area (Å²) in [7, 11) is 0. The summed E-state index contributed by atoms with van der Waals surface area (Å²) in [5.74, 6) is 0.774. The van der Waals surface area contributed by atoms with E-state index < -0.39 is 0 Å². The number of amides is 2. The summed E-state index contributed by atoms with van der Waals surface area (Å²) in [6.45, 7) is 5.41. The van der Waals surface area contributed by atoms with Gasteiger partial charge in [-0.1, -0.05) is 25.1 Å². The molecule has 2 saturated heterocycles. The number of rotatable bonds is 3. The molecule has 24 heavy (non-hydrogen) atoms. The number of carbonyl (C=O) groups excluding carboxylic acids is 2. The van der Waals surface area contributed by atoms with E-state index in [-0.39, 0.29) is 23.8 Å². The molecule has 3 rings (SSSR count). The van der Waals surface area contributed by atoms with Gasteiger partial charge in [-0.05, 0) is 43.9 Å². The second-order valence-electron chi connectivity index (χ2n) is 7.02. The van der Waals surface area contributed by atoms with Crippen molar-refractivity contribution in [1.29, 1.82) is 0 Å². The zero-order chi connectivity index (χ0) is 16.9.